The molecule has 0 fully saturated rings. The molecule has 52 heavy (non-hydrogen) atoms. The largest absolute Gasteiger partial charge is 0.391 e. The summed E-state index contributed by atoms with van der Waals surface area (Å²) in [7, 11) is 0. The Morgan fingerprint density at radius 3 is 0.750 bits per heavy atom. The molecular weight excluding hydrogens is 666 g/mol. The highest BCUT2D eigenvalue weighted by molar-refractivity contribution is 4.61. The van der Waals surface area contributed by atoms with Gasteiger partial charge in [-0.15, -0.1) is 0 Å². The van der Waals surface area contributed by atoms with E-state index in [9.17, 15) is 26.3 Å². The van der Waals surface area contributed by atoms with Crippen LogP contribution in [0.15, 0.2) is 0 Å². The lowest BCUT2D eigenvalue weighted by Gasteiger charge is -2.15. The zero-order valence-electron chi connectivity index (χ0n) is 42.1. The molecular formula is C46H102F6. The third kappa shape index (κ3) is 104. The zero-order valence-corrected chi connectivity index (χ0v) is 40.1. The average Bonchev–Trinajstić information content (AvgIpc) is 2.96. The van der Waals surface area contributed by atoms with Crippen molar-refractivity contribution in [2.24, 2.45) is 39.9 Å². The van der Waals surface area contributed by atoms with E-state index in [1.54, 1.807) is 13.8 Å². The minimum atomic E-state index is -3.99. The molecule has 0 aromatic heterocycles. The van der Waals surface area contributed by atoms with E-state index in [1.807, 2.05) is 20.8 Å². The van der Waals surface area contributed by atoms with Crippen LogP contribution in [0, 0.1) is 39.9 Å². The molecule has 0 saturated heterocycles. The first-order valence-electron chi connectivity index (χ1n) is 21.9. The van der Waals surface area contributed by atoms with Crippen molar-refractivity contribution in [2.45, 2.75) is 262 Å². The fourth-order valence-corrected chi connectivity index (χ4v) is 2.51. The minimum absolute atomic E-state index is 0.170. The molecule has 0 aromatic carbocycles. The van der Waals surface area contributed by atoms with Gasteiger partial charge in [-0.25, -0.2) is 0 Å². The highest BCUT2D eigenvalue weighted by Crippen LogP contribution is 2.29. The third-order valence-electron chi connectivity index (χ3n) is 7.65. The van der Waals surface area contributed by atoms with Crippen LogP contribution in [-0.2, 0) is 0 Å². The predicted octanol–water partition coefficient (Wildman–Crippen LogP) is 20.0. The van der Waals surface area contributed by atoms with Crippen LogP contribution < -0.4 is 0 Å². The summed E-state index contributed by atoms with van der Waals surface area (Å²) in [4.78, 5) is 0. The molecule has 2 atom stereocenters. The molecule has 0 aliphatic rings. The van der Waals surface area contributed by atoms with Crippen LogP contribution in [0.25, 0.3) is 0 Å². The van der Waals surface area contributed by atoms with Gasteiger partial charge in [0, 0.05) is 2.74 Å². The van der Waals surface area contributed by atoms with Gasteiger partial charge in [0.05, 0.1) is 11.8 Å². The Morgan fingerprint density at radius 1 is 0.423 bits per heavy atom. The molecule has 0 spiro atoms. The topological polar surface area (TPSA) is 0 Å². The lowest BCUT2D eigenvalue weighted by molar-refractivity contribution is -0.171. The molecule has 0 aliphatic heterocycles. The highest BCUT2D eigenvalue weighted by Gasteiger charge is 2.35. The second kappa shape index (κ2) is 41.7. The maximum atomic E-state index is 11.6. The molecule has 0 amide bonds. The van der Waals surface area contributed by atoms with Crippen LogP contribution in [0.5, 0.6) is 0 Å². The molecule has 0 aromatic rings. The van der Waals surface area contributed by atoms with Gasteiger partial charge in [0.2, 0.25) is 0 Å². The molecule has 0 N–H and O–H groups in total. The van der Waals surface area contributed by atoms with Crippen molar-refractivity contribution in [3.05, 3.63) is 0 Å². The Labute approximate surface area is 330 Å². The second-order valence-electron chi connectivity index (χ2n) is 18.1. The standard InChI is InChI=1S/C7H16.C6H11F3.3C6H14.C5H9F3.2C5H12/c1-5-6-7(2,3)4;1-3-4-5(2)6(7,8)9;2*1-5-6(2,3)4;1-4-5-6(2)3;1-3-4(2)5(6,7)8;1-4-5(2)3;1-3-5-4-2/h5-6H2,1-4H3;5H,3-4H2,1-2H3;2*5H2,1-4H3;6H,4-5H2,1-3H3;4H,3H2,1-2H3;5H,4H2,1-3H3;3-5H2,1-2H3/i;;5D2;;;;;. The van der Waals surface area contributed by atoms with Crippen molar-refractivity contribution in [3.8, 4) is 0 Å². The number of hydrogen-bond donors (Lipinski definition) is 0. The maximum Gasteiger partial charge on any atom is 0.391 e. The van der Waals surface area contributed by atoms with Crippen molar-refractivity contribution in [1.82, 2.24) is 0 Å². The number of halogens is 6. The summed E-state index contributed by atoms with van der Waals surface area (Å²) >= 11 is 0. The Balaban J connectivity index is -0.0000000752. The monoisotopic (exact) mass is 771 g/mol. The first-order valence-corrected chi connectivity index (χ1v) is 20.9. The normalized spacial score (nSPS) is 13.3. The Bertz CT molecular complexity index is 673. The van der Waals surface area contributed by atoms with Crippen molar-refractivity contribution >= 4 is 0 Å². The third-order valence-corrected chi connectivity index (χ3v) is 7.65. The summed E-state index contributed by atoms with van der Waals surface area (Å²) in [6, 6.07) is 0. The Morgan fingerprint density at radius 2 is 0.731 bits per heavy atom. The van der Waals surface area contributed by atoms with Crippen molar-refractivity contribution < 1.29 is 29.1 Å². The van der Waals surface area contributed by atoms with Gasteiger partial charge in [-0.2, -0.15) is 26.3 Å². The lowest BCUT2D eigenvalue weighted by atomic mass is 9.91. The molecule has 0 saturated carbocycles. The fraction of sp³-hybridized carbons (Fsp3) is 1.00. The summed E-state index contributed by atoms with van der Waals surface area (Å²) in [5, 5.41) is 0. The summed E-state index contributed by atoms with van der Waals surface area (Å²) in [5.74, 6) is -0.505. The van der Waals surface area contributed by atoms with Crippen LogP contribution in [0.1, 0.15) is 252 Å². The molecule has 0 heterocycles. The van der Waals surface area contributed by atoms with Gasteiger partial charge in [0.1, 0.15) is 0 Å². The van der Waals surface area contributed by atoms with E-state index in [0.717, 1.165) is 11.8 Å². The number of rotatable bonds is 9. The number of hydrogen-bond acceptors (Lipinski definition) is 0. The number of alkyl halides is 6. The van der Waals surface area contributed by atoms with E-state index in [2.05, 4.69) is 111 Å². The van der Waals surface area contributed by atoms with Crippen LogP contribution in [0.4, 0.5) is 26.3 Å². The van der Waals surface area contributed by atoms with E-state index in [-0.39, 0.29) is 18.3 Å². The molecule has 6 heteroatoms. The summed E-state index contributed by atoms with van der Waals surface area (Å²) < 4.78 is 83.8. The van der Waals surface area contributed by atoms with E-state index in [0.29, 0.717) is 17.3 Å². The van der Waals surface area contributed by atoms with Gasteiger partial charge >= 0.3 is 12.4 Å². The lowest BCUT2D eigenvalue weighted by Crippen LogP contribution is -2.19. The predicted molar refractivity (Wildman–Crippen MR) is 230 cm³/mol. The summed E-state index contributed by atoms with van der Waals surface area (Å²) in [6.45, 7) is 48.7. The molecule has 0 aliphatic carbocycles. The smallest absolute Gasteiger partial charge is 0.171 e. The molecule has 0 nitrogen and oxygen atoms in total. The molecule has 0 radical (unpaired) electrons. The van der Waals surface area contributed by atoms with Crippen LogP contribution in [0.2, 0.25) is 0 Å². The first-order chi connectivity index (χ1) is 23.8. The maximum absolute atomic E-state index is 11.6. The SMILES string of the molecule is CCC(C)(C)C.CCC(C)C.CCC(C)C(F)(F)F.CCCC(C)(C)C.CCCC(C)C.CCCC(C)C(F)(F)F.CCCCC.[2H]C([2H])(C)C(C)(C)C. The van der Waals surface area contributed by atoms with Crippen LogP contribution in [-0.4, -0.2) is 12.4 Å². The second-order valence-corrected chi connectivity index (χ2v) is 18.1. The van der Waals surface area contributed by atoms with E-state index < -0.39 is 30.6 Å². The van der Waals surface area contributed by atoms with Crippen molar-refractivity contribution in [3.63, 3.8) is 0 Å². The van der Waals surface area contributed by atoms with Gasteiger partial charge in [-0.1, -0.05) is 230 Å². The number of unbranched alkanes of at least 4 members (excludes halogenated alkanes) is 2. The zero-order chi connectivity index (χ0) is 45.8. The van der Waals surface area contributed by atoms with Gasteiger partial charge in [0.25, 0.3) is 0 Å². The first kappa shape index (κ1) is 63.5. The molecule has 328 valence electrons. The van der Waals surface area contributed by atoms with Gasteiger partial charge in [0.15, 0.2) is 0 Å². The van der Waals surface area contributed by atoms with E-state index in [1.165, 1.54) is 78.6 Å². The Hall–Kier alpha value is -0.420. The van der Waals surface area contributed by atoms with Gasteiger partial charge in [-0.05, 0) is 47.3 Å². The van der Waals surface area contributed by atoms with Crippen molar-refractivity contribution in [1.29, 1.82) is 0 Å². The molecule has 0 rings (SSSR count). The quantitative estimate of drug-likeness (QED) is 0.205. The molecule has 2 unspecified atom stereocenters. The minimum Gasteiger partial charge on any atom is -0.171 e. The molecule has 0 bridgehead atoms. The van der Waals surface area contributed by atoms with E-state index >= 15 is 0 Å². The van der Waals surface area contributed by atoms with Crippen LogP contribution in [0.3, 0.4) is 0 Å². The average molecular weight is 771 g/mol. The fourth-order valence-electron chi connectivity index (χ4n) is 2.51. The summed E-state index contributed by atoms with van der Waals surface area (Å²) in [6.07, 6.45) is 3.97. The van der Waals surface area contributed by atoms with Crippen LogP contribution >= 0.6 is 0 Å². The van der Waals surface area contributed by atoms with Crippen molar-refractivity contribution in [2.75, 3.05) is 0 Å². The van der Waals surface area contributed by atoms with E-state index in [4.69, 9.17) is 2.74 Å². The summed E-state index contributed by atoms with van der Waals surface area (Å²) in [5.41, 5.74) is 0.863. The highest BCUT2D eigenvalue weighted by atomic mass is 19.4. The van der Waals surface area contributed by atoms with Gasteiger partial charge in [-0.3, -0.25) is 0 Å². The van der Waals surface area contributed by atoms with Gasteiger partial charge < -0.3 is 0 Å². The Kier molecular flexibility index (Phi) is 51.0.